The molecule has 4 atom stereocenters. The Kier molecular flexibility index (Phi) is 16.5. The van der Waals surface area contributed by atoms with Crippen molar-refractivity contribution in [2.24, 2.45) is 11.7 Å². The second-order valence-electron chi connectivity index (χ2n) is 12.3. The van der Waals surface area contributed by atoms with Crippen molar-refractivity contribution in [2.75, 3.05) is 6.54 Å². The highest BCUT2D eigenvalue weighted by molar-refractivity contribution is 6.43. The summed E-state index contributed by atoms with van der Waals surface area (Å²) in [4.78, 5) is 52.3. The number of hydrogen-bond donors (Lipinski definition) is 7. The van der Waals surface area contributed by atoms with Gasteiger partial charge in [-0.25, -0.2) is 0 Å². The van der Waals surface area contributed by atoms with E-state index in [0.29, 0.717) is 37.8 Å². The van der Waals surface area contributed by atoms with Crippen molar-refractivity contribution in [3.8, 4) is 11.1 Å². The Morgan fingerprint density at radius 1 is 0.739 bits per heavy atom. The third kappa shape index (κ3) is 12.9. The van der Waals surface area contributed by atoms with Crippen molar-refractivity contribution in [2.45, 2.75) is 104 Å². The number of hydrogen-bond acceptors (Lipinski definition) is 7. The molecule has 4 amide bonds. The maximum Gasteiger partial charge on any atom is 0.475 e. The number of carbonyl (C=O) groups is 4. The van der Waals surface area contributed by atoms with E-state index in [-0.39, 0.29) is 5.92 Å². The minimum absolute atomic E-state index is 0.0441. The van der Waals surface area contributed by atoms with Gasteiger partial charge in [-0.05, 0) is 93.7 Å². The molecule has 11 nitrogen and oxygen atoms in total. The molecule has 2 rings (SSSR count). The van der Waals surface area contributed by atoms with Crippen LogP contribution in [0.1, 0.15) is 89.1 Å². The number of unbranched alkanes of at least 4 members (excludes halogenated alkanes) is 2. The van der Waals surface area contributed by atoms with E-state index in [1.54, 1.807) is 12.1 Å². The molecular weight excluding hydrogens is 585 g/mol. The summed E-state index contributed by atoms with van der Waals surface area (Å²) in [5, 5.41) is 29.2. The zero-order valence-electron chi connectivity index (χ0n) is 27.8. The zero-order chi connectivity index (χ0) is 34.2. The van der Waals surface area contributed by atoms with Gasteiger partial charge in [-0.3, -0.25) is 19.2 Å². The molecule has 0 aliphatic carbocycles. The quantitative estimate of drug-likeness (QED) is 0.0912. The molecule has 0 saturated carbocycles. The van der Waals surface area contributed by atoms with Gasteiger partial charge in [0, 0.05) is 5.56 Å². The van der Waals surface area contributed by atoms with Crippen LogP contribution in [0.25, 0.3) is 11.1 Å². The van der Waals surface area contributed by atoms with Crippen molar-refractivity contribution < 1.29 is 29.2 Å². The Morgan fingerprint density at radius 2 is 1.33 bits per heavy atom. The van der Waals surface area contributed by atoms with E-state index in [9.17, 15) is 29.2 Å². The minimum Gasteiger partial charge on any atom is -0.426 e. The first-order valence-electron chi connectivity index (χ1n) is 16.3. The van der Waals surface area contributed by atoms with E-state index >= 15 is 0 Å². The van der Waals surface area contributed by atoms with Crippen LogP contribution in [-0.4, -0.2) is 71.4 Å². The highest BCUT2D eigenvalue weighted by Crippen LogP contribution is 2.21. The molecule has 0 unspecified atom stereocenters. The van der Waals surface area contributed by atoms with E-state index in [0.717, 1.165) is 30.4 Å². The summed E-state index contributed by atoms with van der Waals surface area (Å²) >= 11 is 0. The molecule has 0 saturated heterocycles. The molecule has 0 bridgehead atoms. The number of benzene rings is 2. The number of aryl methyl sites for hydroxylation is 1. The Balaban J connectivity index is 2.07. The van der Waals surface area contributed by atoms with Crippen molar-refractivity contribution in [1.82, 2.24) is 21.3 Å². The van der Waals surface area contributed by atoms with Gasteiger partial charge in [-0.1, -0.05) is 63.6 Å². The van der Waals surface area contributed by atoms with Crippen LogP contribution in [0.3, 0.4) is 0 Å². The van der Waals surface area contributed by atoms with Gasteiger partial charge < -0.3 is 37.0 Å². The molecule has 0 radical (unpaired) electrons. The fraction of sp³-hybridized carbons (Fsp3) is 0.529. The van der Waals surface area contributed by atoms with E-state index in [1.165, 1.54) is 19.4 Å². The van der Waals surface area contributed by atoms with Gasteiger partial charge in [0.2, 0.25) is 17.7 Å². The van der Waals surface area contributed by atoms with Crippen molar-refractivity contribution >= 4 is 30.7 Å². The first kappa shape index (κ1) is 38.4. The Morgan fingerprint density at radius 3 is 1.87 bits per heavy atom. The molecule has 12 heteroatoms. The van der Waals surface area contributed by atoms with Crippen LogP contribution in [0.5, 0.6) is 0 Å². The lowest BCUT2D eigenvalue weighted by Gasteiger charge is -2.25. The summed E-state index contributed by atoms with van der Waals surface area (Å²) in [5.74, 6) is -3.00. The molecule has 0 aromatic heterocycles. The van der Waals surface area contributed by atoms with Crippen LogP contribution in [0.2, 0.25) is 0 Å². The van der Waals surface area contributed by atoms with E-state index in [1.807, 2.05) is 26.0 Å². The monoisotopic (exact) mass is 637 g/mol. The maximum atomic E-state index is 13.3. The summed E-state index contributed by atoms with van der Waals surface area (Å²) in [7, 11) is -1.76. The van der Waals surface area contributed by atoms with Gasteiger partial charge in [0.15, 0.2) is 0 Å². The summed E-state index contributed by atoms with van der Waals surface area (Å²) in [6.45, 7) is 9.30. The highest BCUT2D eigenvalue weighted by atomic mass is 16.4. The molecule has 0 spiro atoms. The number of rotatable bonds is 19. The van der Waals surface area contributed by atoms with Crippen LogP contribution in [0.4, 0.5) is 0 Å². The fourth-order valence-electron chi connectivity index (χ4n) is 4.84. The standard InChI is InChI=1S/C34H52BN5O6/c1-6-7-10-25-12-14-26(15-13-25)27-16-18-28(19-17-27)32(42)39-29(11-8-9-20-36)33(43)37-23(4)31(41)40-30(21-22(2)3)34(44)38-24(5)35(45)46/h12-19,22-24,29-30,45-46H,6-11,20-21,36H2,1-5H3,(H,37,43)(H,38,44)(H,39,42)(H,40,41)/t23-,24-,29-,30-/m0/s1. The van der Waals surface area contributed by atoms with Gasteiger partial charge in [-0.2, -0.15) is 0 Å². The third-order valence-corrected chi connectivity index (χ3v) is 7.73. The van der Waals surface area contributed by atoms with E-state index < -0.39 is 54.8 Å². The molecule has 8 N–H and O–H groups in total. The van der Waals surface area contributed by atoms with Gasteiger partial charge in [0.1, 0.15) is 18.1 Å². The second kappa shape index (κ2) is 19.7. The zero-order valence-corrected chi connectivity index (χ0v) is 27.8. The Hall–Kier alpha value is -3.74. The average molecular weight is 638 g/mol. The first-order chi connectivity index (χ1) is 21.9. The molecule has 2 aromatic carbocycles. The van der Waals surface area contributed by atoms with Gasteiger partial charge >= 0.3 is 7.12 Å². The summed E-state index contributed by atoms with van der Waals surface area (Å²) in [6.07, 6.45) is 5.22. The number of nitrogens with one attached hydrogen (secondary N) is 4. The maximum absolute atomic E-state index is 13.3. The predicted octanol–water partition coefficient (Wildman–Crippen LogP) is 2.48. The van der Waals surface area contributed by atoms with Gasteiger partial charge in [-0.15, -0.1) is 0 Å². The summed E-state index contributed by atoms with van der Waals surface area (Å²) in [5.41, 5.74) is 9.36. The minimum atomic E-state index is -1.76. The molecule has 0 fully saturated rings. The predicted molar refractivity (Wildman–Crippen MR) is 181 cm³/mol. The van der Waals surface area contributed by atoms with Crippen molar-refractivity contribution in [3.05, 3.63) is 59.7 Å². The smallest absolute Gasteiger partial charge is 0.426 e. The van der Waals surface area contributed by atoms with Gasteiger partial charge in [0.25, 0.3) is 5.91 Å². The molecule has 0 aliphatic rings. The lowest BCUT2D eigenvalue weighted by atomic mass is 9.81. The second-order valence-corrected chi connectivity index (χ2v) is 12.3. The van der Waals surface area contributed by atoms with Crippen molar-refractivity contribution in [1.29, 1.82) is 0 Å². The molecule has 0 heterocycles. The number of amides is 4. The van der Waals surface area contributed by atoms with Crippen LogP contribution in [0.15, 0.2) is 48.5 Å². The molecular formula is C34H52BN5O6. The number of carbonyl (C=O) groups excluding carboxylic acids is 4. The molecule has 46 heavy (non-hydrogen) atoms. The SMILES string of the molecule is CCCCc1ccc(-c2ccc(C(=O)N[C@@H](CCCCN)C(=O)N[C@@H](C)C(=O)N[C@@H](CC(C)C)C(=O)N[C@@H](C)B(O)O)cc2)cc1. The molecule has 252 valence electrons. The fourth-order valence-corrected chi connectivity index (χ4v) is 4.84. The summed E-state index contributed by atoms with van der Waals surface area (Å²) < 4.78 is 0. The molecule has 2 aromatic rings. The largest absolute Gasteiger partial charge is 0.475 e. The third-order valence-electron chi connectivity index (χ3n) is 7.73. The average Bonchev–Trinajstić information content (AvgIpc) is 3.02. The van der Waals surface area contributed by atoms with E-state index in [4.69, 9.17) is 5.73 Å². The molecule has 0 aliphatic heterocycles. The normalized spacial score (nSPS) is 13.7. The van der Waals surface area contributed by atoms with Crippen LogP contribution >= 0.6 is 0 Å². The van der Waals surface area contributed by atoms with Gasteiger partial charge in [0.05, 0.1) is 5.94 Å². The lowest BCUT2D eigenvalue weighted by molar-refractivity contribution is -0.132. The topological polar surface area (TPSA) is 183 Å². The first-order valence-corrected chi connectivity index (χ1v) is 16.3. The Bertz CT molecular complexity index is 1260. The lowest BCUT2D eigenvalue weighted by Crippen LogP contribution is -2.57. The van der Waals surface area contributed by atoms with Crippen LogP contribution < -0.4 is 27.0 Å². The van der Waals surface area contributed by atoms with Crippen LogP contribution in [0, 0.1) is 5.92 Å². The van der Waals surface area contributed by atoms with Crippen LogP contribution in [-0.2, 0) is 20.8 Å². The Labute approximate surface area is 273 Å². The summed E-state index contributed by atoms with van der Waals surface area (Å²) in [6, 6.07) is 12.7. The highest BCUT2D eigenvalue weighted by Gasteiger charge is 2.30. The number of nitrogens with two attached hydrogens (primary N) is 1. The van der Waals surface area contributed by atoms with Crippen molar-refractivity contribution in [3.63, 3.8) is 0 Å². The van der Waals surface area contributed by atoms with E-state index in [2.05, 4.69) is 52.5 Å².